The molecule has 0 aliphatic rings. The normalized spacial score (nSPS) is 11.6. The van der Waals surface area contributed by atoms with E-state index in [0.29, 0.717) is 5.69 Å². The van der Waals surface area contributed by atoms with E-state index >= 15 is 0 Å². The van der Waals surface area contributed by atoms with Crippen molar-refractivity contribution in [3.8, 4) is 0 Å². The lowest BCUT2D eigenvalue weighted by atomic mass is 10.0. The highest BCUT2D eigenvalue weighted by Crippen LogP contribution is 2.26. The van der Waals surface area contributed by atoms with E-state index in [1.807, 2.05) is 66.2 Å². The molecule has 1 unspecified atom stereocenters. The standard InChI is InChI=1S/C20H21N5O2S/c1-14(26)22-18(15-6-4-3-5-7-15)12-19(27)23-16-8-10-17(11-9-16)28-20-24-21-13-25(20)2/h3-11,13,18H,12H2,1-2H3,(H,22,26)(H,23,27). The van der Waals surface area contributed by atoms with Crippen LogP contribution < -0.4 is 10.6 Å². The average Bonchev–Trinajstić information content (AvgIpc) is 3.08. The molecular weight excluding hydrogens is 374 g/mol. The first-order chi connectivity index (χ1) is 13.5. The van der Waals surface area contributed by atoms with Gasteiger partial charge in [-0.15, -0.1) is 10.2 Å². The molecule has 7 nitrogen and oxygen atoms in total. The van der Waals surface area contributed by atoms with Gasteiger partial charge in [-0.25, -0.2) is 0 Å². The number of carbonyl (C=O) groups is 2. The second kappa shape index (κ2) is 9.18. The van der Waals surface area contributed by atoms with Crippen molar-refractivity contribution < 1.29 is 9.59 Å². The first-order valence-corrected chi connectivity index (χ1v) is 9.57. The van der Waals surface area contributed by atoms with Crippen LogP contribution in [0.5, 0.6) is 0 Å². The minimum atomic E-state index is -0.371. The number of carbonyl (C=O) groups excluding carboxylic acids is 2. The number of amides is 2. The molecule has 2 N–H and O–H groups in total. The zero-order valence-corrected chi connectivity index (χ0v) is 16.4. The van der Waals surface area contributed by atoms with E-state index in [-0.39, 0.29) is 24.3 Å². The largest absolute Gasteiger partial charge is 0.349 e. The van der Waals surface area contributed by atoms with E-state index in [9.17, 15) is 9.59 Å². The molecular formula is C20H21N5O2S. The molecule has 3 rings (SSSR count). The minimum absolute atomic E-state index is 0.152. The Hall–Kier alpha value is -3.13. The summed E-state index contributed by atoms with van der Waals surface area (Å²) in [5.74, 6) is -0.344. The van der Waals surface area contributed by atoms with Gasteiger partial charge in [0.05, 0.1) is 12.5 Å². The Kier molecular flexibility index (Phi) is 6.44. The van der Waals surface area contributed by atoms with Gasteiger partial charge in [0.15, 0.2) is 5.16 Å². The molecule has 1 heterocycles. The molecule has 0 bridgehead atoms. The van der Waals surface area contributed by atoms with Crippen molar-refractivity contribution in [3.63, 3.8) is 0 Å². The van der Waals surface area contributed by atoms with E-state index in [1.54, 1.807) is 6.33 Å². The van der Waals surface area contributed by atoms with Crippen molar-refractivity contribution >= 4 is 29.3 Å². The molecule has 2 amide bonds. The van der Waals surface area contributed by atoms with Crippen molar-refractivity contribution in [2.24, 2.45) is 7.05 Å². The molecule has 2 aromatic carbocycles. The van der Waals surface area contributed by atoms with Crippen LogP contribution in [0.2, 0.25) is 0 Å². The van der Waals surface area contributed by atoms with E-state index in [0.717, 1.165) is 15.6 Å². The maximum Gasteiger partial charge on any atom is 0.226 e. The molecule has 3 aromatic rings. The molecule has 1 atom stereocenters. The Balaban J connectivity index is 1.61. The van der Waals surface area contributed by atoms with Crippen molar-refractivity contribution in [1.82, 2.24) is 20.1 Å². The van der Waals surface area contributed by atoms with Gasteiger partial charge in [-0.1, -0.05) is 30.3 Å². The quantitative estimate of drug-likeness (QED) is 0.641. The van der Waals surface area contributed by atoms with Crippen LogP contribution in [0.15, 0.2) is 71.0 Å². The summed E-state index contributed by atoms with van der Waals surface area (Å²) in [7, 11) is 1.88. The van der Waals surface area contributed by atoms with Crippen LogP contribution in [-0.2, 0) is 16.6 Å². The van der Waals surface area contributed by atoms with Crippen LogP contribution in [0.25, 0.3) is 0 Å². The van der Waals surface area contributed by atoms with Crippen LogP contribution in [0.1, 0.15) is 24.9 Å². The summed E-state index contributed by atoms with van der Waals surface area (Å²) in [6.07, 6.45) is 1.80. The molecule has 8 heteroatoms. The second-order valence-corrected chi connectivity index (χ2v) is 7.31. The number of anilines is 1. The fourth-order valence-corrected chi connectivity index (χ4v) is 3.42. The molecule has 0 aliphatic heterocycles. The summed E-state index contributed by atoms with van der Waals surface area (Å²) in [4.78, 5) is 25.0. The molecule has 144 valence electrons. The van der Waals surface area contributed by atoms with Gasteiger partial charge in [-0.05, 0) is 41.6 Å². The number of hydrogen-bond donors (Lipinski definition) is 2. The lowest BCUT2D eigenvalue weighted by Crippen LogP contribution is -2.29. The fourth-order valence-electron chi connectivity index (χ4n) is 2.66. The third-order valence-electron chi connectivity index (χ3n) is 3.99. The van der Waals surface area contributed by atoms with Gasteiger partial charge in [0.1, 0.15) is 6.33 Å². The number of aryl methyl sites for hydroxylation is 1. The zero-order chi connectivity index (χ0) is 19.9. The van der Waals surface area contributed by atoms with Crippen LogP contribution in [0, 0.1) is 0 Å². The van der Waals surface area contributed by atoms with Gasteiger partial charge < -0.3 is 15.2 Å². The Morgan fingerprint density at radius 2 is 1.82 bits per heavy atom. The molecule has 0 radical (unpaired) electrons. The first-order valence-electron chi connectivity index (χ1n) is 8.75. The summed E-state index contributed by atoms with van der Waals surface area (Å²) in [5.41, 5.74) is 1.59. The van der Waals surface area contributed by atoms with Gasteiger partial charge in [0.2, 0.25) is 11.8 Å². The fraction of sp³-hybridized carbons (Fsp3) is 0.200. The predicted molar refractivity (Wildman–Crippen MR) is 108 cm³/mol. The molecule has 0 aliphatic carbocycles. The molecule has 0 saturated heterocycles. The van der Waals surface area contributed by atoms with Gasteiger partial charge in [-0.3, -0.25) is 9.59 Å². The highest BCUT2D eigenvalue weighted by Gasteiger charge is 2.17. The number of hydrogen-bond acceptors (Lipinski definition) is 5. The number of aromatic nitrogens is 3. The maximum atomic E-state index is 12.5. The third-order valence-corrected chi connectivity index (χ3v) is 5.05. The van der Waals surface area contributed by atoms with Crippen molar-refractivity contribution in [2.75, 3.05) is 5.32 Å². The first kappa shape index (κ1) is 19.6. The Morgan fingerprint density at radius 1 is 1.11 bits per heavy atom. The summed E-state index contributed by atoms with van der Waals surface area (Å²) in [6.45, 7) is 1.45. The van der Waals surface area contributed by atoms with Gasteiger partial charge in [-0.2, -0.15) is 0 Å². The molecule has 1 aromatic heterocycles. The average molecular weight is 395 g/mol. The van der Waals surface area contributed by atoms with E-state index in [1.165, 1.54) is 18.7 Å². The smallest absolute Gasteiger partial charge is 0.226 e. The molecule has 28 heavy (non-hydrogen) atoms. The monoisotopic (exact) mass is 395 g/mol. The molecule has 0 fully saturated rings. The maximum absolute atomic E-state index is 12.5. The summed E-state index contributed by atoms with van der Waals surface area (Å²) >= 11 is 1.49. The molecule has 0 spiro atoms. The highest BCUT2D eigenvalue weighted by molar-refractivity contribution is 7.99. The van der Waals surface area contributed by atoms with E-state index < -0.39 is 0 Å². The van der Waals surface area contributed by atoms with Gasteiger partial charge in [0.25, 0.3) is 0 Å². The number of nitrogens with one attached hydrogen (secondary N) is 2. The number of rotatable bonds is 7. The SMILES string of the molecule is CC(=O)NC(CC(=O)Nc1ccc(Sc2nncn2C)cc1)c1ccccc1. The highest BCUT2D eigenvalue weighted by atomic mass is 32.2. The second-order valence-electron chi connectivity index (χ2n) is 6.27. The van der Waals surface area contributed by atoms with E-state index in [2.05, 4.69) is 20.8 Å². The Morgan fingerprint density at radius 3 is 2.43 bits per heavy atom. The summed E-state index contributed by atoms with van der Waals surface area (Å²) in [5, 5.41) is 14.4. The Labute approximate surface area is 167 Å². The predicted octanol–water partition coefficient (Wildman–Crippen LogP) is 3.17. The number of benzene rings is 2. The number of nitrogens with zero attached hydrogens (tertiary/aromatic N) is 3. The topological polar surface area (TPSA) is 88.9 Å². The van der Waals surface area contributed by atoms with Crippen molar-refractivity contribution in [2.45, 2.75) is 29.4 Å². The Bertz CT molecular complexity index is 941. The van der Waals surface area contributed by atoms with Gasteiger partial charge in [0, 0.05) is 24.6 Å². The van der Waals surface area contributed by atoms with Crippen LogP contribution in [-0.4, -0.2) is 26.6 Å². The minimum Gasteiger partial charge on any atom is -0.349 e. The van der Waals surface area contributed by atoms with Crippen LogP contribution >= 0.6 is 11.8 Å². The molecule has 0 saturated carbocycles. The lowest BCUT2D eigenvalue weighted by Gasteiger charge is -2.18. The third kappa shape index (κ3) is 5.43. The summed E-state index contributed by atoms with van der Waals surface area (Å²) < 4.78 is 1.84. The van der Waals surface area contributed by atoms with Crippen molar-refractivity contribution in [3.05, 3.63) is 66.5 Å². The zero-order valence-electron chi connectivity index (χ0n) is 15.6. The summed E-state index contributed by atoms with van der Waals surface area (Å²) in [6, 6.07) is 16.6. The van der Waals surface area contributed by atoms with E-state index in [4.69, 9.17) is 0 Å². The van der Waals surface area contributed by atoms with Crippen LogP contribution in [0.4, 0.5) is 5.69 Å². The van der Waals surface area contributed by atoms with Gasteiger partial charge >= 0.3 is 0 Å². The lowest BCUT2D eigenvalue weighted by molar-refractivity contribution is -0.120. The van der Waals surface area contributed by atoms with Crippen LogP contribution in [0.3, 0.4) is 0 Å². The van der Waals surface area contributed by atoms with Crippen molar-refractivity contribution in [1.29, 1.82) is 0 Å².